The maximum absolute atomic E-state index is 4.50. The second-order valence-corrected chi connectivity index (χ2v) is 2.07. The fraction of sp³-hybridized carbons (Fsp3) is 0.583. The van der Waals surface area contributed by atoms with Crippen molar-refractivity contribution in [2.24, 2.45) is 10.7 Å². The molecule has 2 heteroatoms. The Labute approximate surface area is 89.6 Å². The number of aliphatic imine (C=N–C) groups is 1. The molecule has 0 rings (SSSR count). The zero-order valence-corrected chi connectivity index (χ0v) is 10.4. The summed E-state index contributed by atoms with van der Waals surface area (Å²) >= 11 is 0. The van der Waals surface area contributed by atoms with Crippen LogP contribution in [-0.4, -0.2) is 13.3 Å². The lowest BCUT2D eigenvalue weighted by molar-refractivity contribution is 0.937. The highest BCUT2D eigenvalue weighted by Gasteiger charge is 1.86. The largest absolute Gasteiger partial charge is 0.333 e. The molecule has 0 saturated heterocycles. The van der Waals surface area contributed by atoms with E-state index in [1.165, 1.54) is 19.0 Å². The minimum atomic E-state index is 1.10. The highest BCUT2D eigenvalue weighted by molar-refractivity contribution is 5.78. The Morgan fingerprint density at radius 1 is 1.36 bits per heavy atom. The minimum Gasteiger partial charge on any atom is -0.333 e. The molecule has 0 amide bonds. The van der Waals surface area contributed by atoms with Gasteiger partial charge in [-0.25, -0.2) is 0 Å². The second kappa shape index (κ2) is 22.7. The van der Waals surface area contributed by atoms with Crippen LogP contribution in [0.2, 0.25) is 0 Å². The van der Waals surface area contributed by atoms with Crippen LogP contribution in [0.15, 0.2) is 29.4 Å². The van der Waals surface area contributed by atoms with E-state index in [1.54, 1.807) is 6.20 Å². The SMILES string of the molecule is C=CN=C/C(=C\C)CCC.CC.CN. The number of nitrogens with two attached hydrogens (primary N) is 1. The molecular formula is C12H26N2. The highest BCUT2D eigenvalue weighted by Crippen LogP contribution is 2.00. The third kappa shape index (κ3) is 17.3. The van der Waals surface area contributed by atoms with E-state index in [9.17, 15) is 0 Å². The quantitative estimate of drug-likeness (QED) is 0.689. The van der Waals surface area contributed by atoms with Crippen LogP contribution in [0.5, 0.6) is 0 Å². The molecule has 0 heterocycles. The molecule has 0 fully saturated rings. The first-order chi connectivity index (χ1) is 6.85. The smallest absolute Gasteiger partial charge is 0.0296 e. The van der Waals surface area contributed by atoms with Crippen LogP contribution in [0.4, 0.5) is 0 Å². The summed E-state index contributed by atoms with van der Waals surface area (Å²) in [6.07, 6.45) is 7.77. The molecule has 2 N–H and O–H groups in total. The minimum absolute atomic E-state index is 1.10. The van der Waals surface area contributed by atoms with Gasteiger partial charge in [0, 0.05) is 12.4 Å². The van der Waals surface area contributed by atoms with Crippen LogP contribution in [-0.2, 0) is 0 Å². The van der Waals surface area contributed by atoms with E-state index in [4.69, 9.17) is 0 Å². The molecule has 2 nitrogen and oxygen atoms in total. The molecule has 0 spiro atoms. The normalized spacial score (nSPS) is 9.71. The zero-order valence-electron chi connectivity index (χ0n) is 10.4. The number of nitrogens with zero attached hydrogens (tertiary/aromatic N) is 1. The topological polar surface area (TPSA) is 38.4 Å². The molecule has 0 aliphatic carbocycles. The van der Waals surface area contributed by atoms with Crippen LogP contribution >= 0.6 is 0 Å². The molecule has 84 valence electrons. The van der Waals surface area contributed by atoms with Crippen molar-refractivity contribution < 1.29 is 0 Å². The van der Waals surface area contributed by atoms with Crippen molar-refractivity contribution in [2.75, 3.05) is 7.05 Å². The van der Waals surface area contributed by atoms with Crippen LogP contribution in [0.1, 0.15) is 40.5 Å². The van der Waals surface area contributed by atoms with Gasteiger partial charge in [-0.3, -0.25) is 4.99 Å². The second-order valence-electron chi connectivity index (χ2n) is 2.07. The number of rotatable bonds is 4. The van der Waals surface area contributed by atoms with Gasteiger partial charge in [0.15, 0.2) is 0 Å². The van der Waals surface area contributed by atoms with Gasteiger partial charge >= 0.3 is 0 Å². The van der Waals surface area contributed by atoms with Gasteiger partial charge in [0.05, 0.1) is 0 Å². The number of hydrogen-bond acceptors (Lipinski definition) is 2. The third-order valence-electron chi connectivity index (χ3n) is 1.26. The first-order valence-corrected chi connectivity index (χ1v) is 5.22. The maximum atomic E-state index is 4.50. The summed E-state index contributed by atoms with van der Waals surface area (Å²) in [5, 5.41) is 0. The molecule has 0 saturated carbocycles. The van der Waals surface area contributed by atoms with Crippen molar-refractivity contribution in [3.8, 4) is 0 Å². The summed E-state index contributed by atoms with van der Waals surface area (Å²) in [5.74, 6) is 0. The molecule has 0 aliphatic heterocycles. The van der Waals surface area contributed by atoms with E-state index >= 15 is 0 Å². The molecule has 0 aromatic rings. The van der Waals surface area contributed by atoms with E-state index < -0.39 is 0 Å². The molecule has 0 bridgehead atoms. The van der Waals surface area contributed by atoms with Crippen molar-refractivity contribution in [3.63, 3.8) is 0 Å². The first kappa shape index (κ1) is 18.8. The average Bonchev–Trinajstić information content (AvgIpc) is 2.29. The summed E-state index contributed by atoms with van der Waals surface area (Å²) < 4.78 is 0. The van der Waals surface area contributed by atoms with E-state index in [0.29, 0.717) is 0 Å². The summed E-state index contributed by atoms with van der Waals surface area (Å²) in [7, 11) is 1.50. The van der Waals surface area contributed by atoms with E-state index in [2.05, 4.69) is 30.3 Å². The van der Waals surface area contributed by atoms with Crippen molar-refractivity contribution in [3.05, 3.63) is 24.4 Å². The molecule has 0 radical (unpaired) electrons. The predicted molar refractivity (Wildman–Crippen MR) is 68.8 cm³/mol. The van der Waals surface area contributed by atoms with Gasteiger partial charge < -0.3 is 5.73 Å². The van der Waals surface area contributed by atoms with E-state index in [0.717, 1.165) is 6.42 Å². The fourth-order valence-corrected chi connectivity index (χ4v) is 0.721. The van der Waals surface area contributed by atoms with E-state index in [1.807, 2.05) is 27.0 Å². The Kier molecular flexibility index (Phi) is 30.5. The van der Waals surface area contributed by atoms with Crippen LogP contribution < -0.4 is 5.73 Å². The molecule has 0 unspecified atom stereocenters. The summed E-state index contributed by atoms with van der Waals surface area (Å²) in [5.41, 5.74) is 5.78. The Hall–Kier alpha value is -0.890. The molecule has 0 aliphatic rings. The Balaban J connectivity index is -0.000000266. The van der Waals surface area contributed by atoms with Gasteiger partial charge in [-0.05, 0) is 26.0 Å². The standard InChI is InChI=1S/C9H15N.C2H6.CH5N/c1-4-7-9(5-2)8-10-6-3;2*1-2/h5-6,8H,3-4,7H2,1-2H3;1-2H3;2H2,1H3/b9-5-,10-8?;;. The van der Waals surface area contributed by atoms with Gasteiger partial charge in [0.1, 0.15) is 0 Å². The fourth-order valence-electron chi connectivity index (χ4n) is 0.721. The Morgan fingerprint density at radius 2 is 1.86 bits per heavy atom. The molecule has 0 aromatic carbocycles. The lowest BCUT2D eigenvalue weighted by Gasteiger charge is -1.93. The zero-order chi connectivity index (χ0) is 11.8. The monoisotopic (exact) mass is 198 g/mol. The maximum Gasteiger partial charge on any atom is 0.0296 e. The molecule has 14 heavy (non-hydrogen) atoms. The lowest BCUT2D eigenvalue weighted by Crippen LogP contribution is -1.82. The highest BCUT2D eigenvalue weighted by atomic mass is 14.7. The molecule has 0 atom stereocenters. The van der Waals surface area contributed by atoms with Gasteiger partial charge in [-0.2, -0.15) is 0 Å². The van der Waals surface area contributed by atoms with Gasteiger partial charge in [-0.1, -0.05) is 39.8 Å². The van der Waals surface area contributed by atoms with Crippen molar-refractivity contribution in [2.45, 2.75) is 40.5 Å². The van der Waals surface area contributed by atoms with Gasteiger partial charge in [-0.15, -0.1) is 0 Å². The van der Waals surface area contributed by atoms with Crippen molar-refractivity contribution >= 4 is 6.21 Å². The Morgan fingerprint density at radius 3 is 2.14 bits per heavy atom. The summed E-state index contributed by atoms with van der Waals surface area (Å²) in [6.45, 7) is 11.7. The lowest BCUT2D eigenvalue weighted by atomic mass is 10.1. The molecule has 0 aromatic heterocycles. The van der Waals surface area contributed by atoms with Crippen molar-refractivity contribution in [1.29, 1.82) is 0 Å². The predicted octanol–water partition coefficient (Wildman–Crippen LogP) is 3.55. The number of allylic oxidation sites excluding steroid dienone is 2. The third-order valence-corrected chi connectivity index (χ3v) is 1.26. The summed E-state index contributed by atoms with van der Waals surface area (Å²) in [6, 6.07) is 0. The number of hydrogen-bond donors (Lipinski definition) is 1. The van der Waals surface area contributed by atoms with Gasteiger partial charge in [0.2, 0.25) is 0 Å². The van der Waals surface area contributed by atoms with Gasteiger partial charge in [0.25, 0.3) is 0 Å². The average molecular weight is 198 g/mol. The van der Waals surface area contributed by atoms with Crippen LogP contribution in [0, 0.1) is 0 Å². The summed E-state index contributed by atoms with van der Waals surface area (Å²) in [4.78, 5) is 3.93. The van der Waals surface area contributed by atoms with Crippen LogP contribution in [0.3, 0.4) is 0 Å². The Bertz CT molecular complexity index is 146. The first-order valence-electron chi connectivity index (χ1n) is 5.22. The molecular weight excluding hydrogens is 172 g/mol. The van der Waals surface area contributed by atoms with Crippen molar-refractivity contribution in [1.82, 2.24) is 0 Å². The van der Waals surface area contributed by atoms with Crippen LogP contribution in [0.25, 0.3) is 0 Å². The van der Waals surface area contributed by atoms with E-state index in [-0.39, 0.29) is 0 Å².